The number of rotatable bonds is 8. The summed E-state index contributed by atoms with van der Waals surface area (Å²) in [5.74, 6) is 0.654. The molecule has 0 aromatic heterocycles. The Bertz CT molecular complexity index is 858. The van der Waals surface area contributed by atoms with Crippen LogP contribution in [0.1, 0.15) is 29.6 Å². The summed E-state index contributed by atoms with van der Waals surface area (Å²) in [5.41, 5.74) is 0.584. The molecular formula is C22H27Cl2N2O3S+. The first-order chi connectivity index (χ1) is 14.4. The zero-order chi connectivity index (χ0) is 21.5. The minimum absolute atomic E-state index is 0.101. The summed E-state index contributed by atoms with van der Waals surface area (Å²) in [6.45, 7) is 3.50. The molecule has 1 aliphatic rings. The SMILES string of the molecule is C[S+](O)c1cccc(C(=O)NCCCN2CCC(Oc3ccc(Cl)c(Cl)c3)CC2)c1. The predicted octanol–water partition coefficient (Wildman–Crippen LogP) is 4.74. The Balaban J connectivity index is 1.34. The van der Waals surface area contributed by atoms with Crippen LogP contribution >= 0.6 is 23.2 Å². The number of benzene rings is 2. The number of likely N-dealkylation sites (tertiary alicyclic amines) is 1. The highest BCUT2D eigenvalue weighted by molar-refractivity contribution is 7.90. The van der Waals surface area contributed by atoms with E-state index >= 15 is 0 Å². The molecule has 2 aromatic carbocycles. The number of carbonyl (C=O) groups excluding carboxylic acids is 1. The standard InChI is InChI=1S/C22H26Cl2N2O3S/c1-30(28)19-5-2-4-16(14-19)22(27)25-10-3-11-26-12-8-17(9-13-26)29-18-6-7-20(23)21(24)15-18/h2,4-7,14-15,17,28H,3,8-13H2,1H3/p+1. The second-order valence-electron chi connectivity index (χ2n) is 7.35. The maximum absolute atomic E-state index is 12.3. The Labute approximate surface area is 190 Å². The summed E-state index contributed by atoms with van der Waals surface area (Å²) in [6, 6.07) is 12.5. The molecule has 0 aliphatic carbocycles. The second kappa shape index (κ2) is 11.3. The van der Waals surface area contributed by atoms with Crippen LogP contribution in [0.25, 0.3) is 0 Å². The van der Waals surface area contributed by atoms with E-state index < -0.39 is 11.2 Å². The van der Waals surface area contributed by atoms with Crippen molar-refractivity contribution in [2.24, 2.45) is 0 Å². The molecule has 0 spiro atoms. The van der Waals surface area contributed by atoms with Crippen molar-refractivity contribution in [3.05, 3.63) is 58.1 Å². The van der Waals surface area contributed by atoms with Gasteiger partial charge in [0.1, 0.15) is 18.1 Å². The highest BCUT2D eigenvalue weighted by Gasteiger charge is 2.20. The van der Waals surface area contributed by atoms with Gasteiger partial charge in [0.2, 0.25) is 0 Å². The van der Waals surface area contributed by atoms with Gasteiger partial charge in [-0.2, -0.15) is 4.55 Å². The molecule has 1 unspecified atom stereocenters. The summed E-state index contributed by atoms with van der Waals surface area (Å²) in [6.07, 6.45) is 4.71. The molecule has 5 nitrogen and oxygen atoms in total. The van der Waals surface area contributed by atoms with Gasteiger partial charge < -0.3 is 15.0 Å². The van der Waals surface area contributed by atoms with Crippen molar-refractivity contribution >= 4 is 40.3 Å². The number of nitrogens with zero attached hydrogens (tertiary/aromatic N) is 1. The van der Waals surface area contributed by atoms with Gasteiger partial charge in [0.15, 0.2) is 16.1 Å². The van der Waals surface area contributed by atoms with Crippen molar-refractivity contribution < 1.29 is 14.1 Å². The van der Waals surface area contributed by atoms with Gasteiger partial charge in [-0.3, -0.25) is 4.79 Å². The molecule has 3 rings (SSSR count). The topological polar surface area (TPSA) is 61.8 Å². The van der Waals surface area contributed by atoms with Crippen molar-refractivity contribution in [2.45, 2.75) is 30.3 Å². The second-order valence-corrected chi connectivity index (χ2v) is 9.59. The number of nitrogens with one attached hydrogen (secondary N) is 1. The van der Waals surface area contributed by atoms with Gasteiger partial charge in [0, 0.05) is 37.3 Å². The van der Waals surface area contributed by atoms with Crippen LogP contribution in [0, 0.1) is 0 Å². The summed E-state index contributed by atoms with van der Waals surface area (Å²) < 4.78 is 15.7. The lowest BCUT2D eigenvalue weighted by Gasteiger charge is -2.32. The van der Waals surface area contributed by atoms with Crippen LogP contribution in [0.2, 0.25) is 10.0 Å². The average Bonchev–Trinajstić information content (AvgIpc) is 2.75. The summed E-state index contributed by atoms with van der Waals surface area (Å²) in [7, 11) is 0. The molecule has 162 valence electrons. The van der Waals surface area contributed by atoms with Crippen molar-refractivity contribution in [2.75, 3.05) is 32.4 Å². The lowest BCUT2D eigenvalue weighted by atomic mass is 10.1. The van der Waals surface area contributed by atoms with E-state index in [0.717, 1.165) is 49.5 Å². The van der Waals surface area contributed by atoms with Crippen LogP contribution in [0.4, 0.5) is 0 Å². The Morgan fingerprint density at radius 1 is 1.20 bits per heavy atom. The number of hydrogen-bond acceptors (Lipinski definition) is 4. The van der Waals surface area contributed by atoms with E-state index in [0.29, 0.717) is 22.2 Å². The molecule has 2 aromatic rings. The maximum atomic E-state index is 12.3. The number of amides is 1. The molecule has 1 fully saturated rings. The molecule has 8 heteroatoms. The predicted molar refractivity (Wildman–Crippen MR) is 124 cm³/mol. The summed E-state index contributed by atoms with van der Waals surface area (Å²) >= 11 is 11.1. The highest BCUT2D eigenvalue weighted by atomic mass is 35.5. The Hall–Kier alpha value is -1.44. The molecule has 30 heavy (non-hydrogen) atoms. The molecule has 1 saturated heterocycles. The van der Waals surface area contributed by atoms with Gasteiger partial charge in [-0.05, 0) is 50.1 Å². The molecular weight excluding hydrogens is 443 g/mol. The van der Waals surface area contributed by atoms with Crippen LogP contribution in [0.5, 0.6) is 5.75 Å². The molecule has 0 bridgehead atoms. The third-order valence-corrected chi connectivity index (χ3v) is 6.78. The Kier molecular flexibility index (Phi) is 8.72. The molecule has 0 radical (unpaired) electrons. The third-order valence-electron chi connectivity index (χ3n) is 5.10. The number of hydrogen-bond donors (Lipinski definition) is 2. The van der Waals surface area contributed by atoms with E-state index in [1.54, 1.807) is 36.6 Å². The fourth-order valence-electron chi connectivity index (χ4n) is 3.42. The third kappa shape index (κ3) is 6.79. The van der Waals surface area contributed by atoms with Crippen molar-refractivity contribution in [3.63, 3.8) is 0 Å². The largest absolute Gasteiger partial charge is 0.490 e. The fourth-order valence-corrected chi connectivity index (χ4v) is 4.28. The average molecular weight is 470 g/mol. The van der Waals surface area contributed by atoms with Crippen molar-refractivity contribution in [1.82, 2.24) is 10.2 Å². The lowest BCUT2D eigenvalue weighted by Crippen LogP contribution is -2.39. The fraction of sp³-hybridized carbons (Fsp3) is 0.409. The van der Waals surface area contributed by atoms with Crippen LogP contribution < -0.4 is 10.1 Å². The molecule has 1 atom stereocenters. The van der Waals surface area contributed by atoms with Crippen LogP contribution in [-0.4, -0.2) is 53.9 Å². The molecule has 1 aliphatic heterocycles. The number of halogens is 2. The highest BCUT2D eigenvalue weighted by Crippen LogP contribution is 2.28. The van der Waals surface area contributed by atoms with Gasteiger partial charge in [0.25, 0.3) is 5.91 Å². The zero-order valence-corrected chi connectivity index (χ0v) is 19.3. The quantitative estimate of drug-likeness (QED) is 0.432. The Morgan fingerprint density at radius 3 is 2.67 bits per heavy atom. The van der Waals surface area contributed by atoms with Crippen LogP contribution in [0.3, 0.4) is 0 Å². The van der Waals surface area contributed by atoms with Gasteiger partial charge in [0.05, 0.1) is 10.0 Å². The molecule has 1 amide bonds. The summed E-state index contributed by atoms with van der Waals surface area (Å²) in [4.78, 5) is 15.5. The minimum atomic E-state index is -0.844. The zero-order valence-electron chi connectivity index (χ0n) is 16.9. The van der Waals surface area contributed by atoms with Crippen molar-refractivity contribution in [1.29, 1.82) is 0 Å². The van der Waals surface area contributed by atoms with E-state index in [-0.39, 0.29) is 12.0 Å². The first-order valence-electron chi connectivity index (χ1n) is 9.99. The van der Waals surface area contributed by atoms with Crippen LogP contribution in [0.15, 0.2) is 47.4 Å². The van der Waals surface area contributed by atoms with Crippen LogP contribution in [-0.2, 0) is 11.2 Å². The van der Waals surface area contributed by atoms with E-state index in [9.17, 15) is 9.35 Å². The smallest absolute Gasteiger partial charge is 0.251 e. The van der Waals surface area contributed by atoms with Gasteiger partial charge >= 0.3 is 0 Å². The lowest BCUT2D eigenvalue weighted by molar-refractivity contribution is 0.0935. The summed E-state index contributed by atoms with van der Waals surface area (Å²) in [5, 5.41) is 4.00. The van der Waals surface area contributed by atoms with E-state index in [1.807, 2.05) is 12.1 Å². The van der Waals surface area contributed by atoms with E-state index in [1.165, 1.54) is 0 Å². The normalized spacial score (nSPS) is 16.3. The molecule has 2 N–H and O–H groups in total. The van der Waals surface area contributed by atoms with E-state index in [4.69, 9.17) is 27.9 Å². The number of carbonyl (C=O) groups is 1. The Morgan fingerprint density at radius 2 is 1.97 bits per heavy atom. The van der Waals surface area contributed by atoms with Gasteiger partial charge in [-0.15, -0.1) is 0 Å². The molecule has 0 saturated carbocycles. The maximum Gasteiger partial charge on any atom is 0.251 e. The molecule has 1 heterocycles. The number of piperidine rings is 1. The van der Waals surface area contributed by atoms with E-state index in [2.05, 4.69) is 10.2 Å². The monoisotopic (exact) mass is 469 g/mol. The number of ether oxygens (including phenoxy) is 1. The van der Waals surface area contributed by atoms with Gasteiger partial charge in [-0.1, -0.05) is 29.3 Å². The van der Waals surface area contributed by atoms with Gasteiger partial charge in [-0.25, -0.2) is 0 Å². The van der Waals surface area contributed by atoms with Crippen molar-refractivity contribution in [3.8, 4) is 5.75 Å². The minimum Gasteiger partial charge on any atom is -0.490 e. The first kappa shape index (κ1) is 23.2. The first-order valence-corrected chi connectivity index (χ1v) is 12.3.